The molecule has 0 fully saturated rings. The third kappa shape index (κ3) is 9.24. The molecule has 2 N–H and O–H groups in total. The van der Waals surface area contributed by atoms with Gasteiger partial charge < -0.3 is 19.9 Å². The SMILES string of the molecule is O=C(O)CC[C@@H](CC(NC(=O)c1ccc(F)c(C(F)(F)F)c1)(c1ccc(F)cc1)c1cc(F)cc(OC(F)(F)C(F)F)c1)Oc1ccccc1. The lowest BCUT2D eigenvalue weighted by atomic mass is 9.77. The molecule has 1 amide bonds. The number of amides is 1. The normalized spacial score (nSPS) is 13.7. The first-order valence-electron chi connectivity index (χ1n) is 14.4. The number of carboxylic acids is 1. The second-order valence-electron chi connectivity index (χ2n) is 10.9. The molecule has 4 rings (SSSR count). The van der Waals surface area contributed by atoms with Crippen molar-refractivity contribution < 1.29 is 68.1 Å². The summed E-state index contributed by atoms with van der Waals surface area (Å²) in [6.45, 7) is 0. The fourth-order valence-electron chi connectivity index (χ4n) is 5.07. The first-order chi connectivity index (χ1) is 23.4. The molecular weight excluding hydrogens is 692 g/mol. The maximum Gasteiger partial charge on any atom is 0.461 e. The average Bonchev–Trinajstić information content (AvgIpc) is 3.03. The van der Waals surface area contributed by atoms with E-state index in [-0.39, 0.29) is 23.8 Å². The molecule has 0 bridgehead atoms. The first kappa shape index (κ1) is 37.5. The van der Waals surface area contributed by atoms with E-state index in [0.717, 1.165) is 24.3 Å². The maximum atomic E-state index is 15.2. The first-order valence-corrected chi connectivity index (χ1v) is 14.4. The maximum absolute atomic E-state index is 15.2. The number of aliphatic carboxylic acids is 1. The Balaban J connectivity index is 1.98. The summed E-state index contributed by atoms with van der Waals surface area (Å²) in [7, 11) is 0. The molecule has 4 aromatic rings. The summed E-state index contributed by atoms with van der Waals surface area (Å²) >= 11 is 0. The molecular formula is C34H25F10NO5. The van der Waals surface area contributed by atoms with Gasteiger partial charge in [0.15, 0.2) is 0 Å². The Kier molecular flexibility index (Phi) is 11.3. The summed E-state index contributed by atoms with van der Waals surface area (Å²) < 4.78 is 148. The third-order valence-corrected chi connectivity index (χ3v) is 7.33. The van der Waals surface area contributed by atoms with Crippen molar-refractivity contribution in [2.24, 2.45) is 0 Å². The highest BCUT2D eigenvalue weighted by molar-refractivity contribution is 5.95. The number of nitrogens with one attached hydrogen (secondary N) is 1. The van der Waals surface area contributed by atoms with Crippen LogP contribution < -0.4 is 14.8 Å². The zero-order chi connectivity index (χ0) is 36.9. The number of hydrogen-bond acceptors (Lipinski definition) is 4. The predicted molar refractivity (Wildman–Crippen MR) is 156 cm³/mol. The number of benzene rings is 4. The average molecular weight is 718 g/mol. The van der Waals surface area contributed by atoms with E-state index in [9.17, 15) is 54.2 Å². The van der Waals surface area contributed by atoms with Crippen LogP contribution in [0.1, 0.15) is 46.3 Å². The smallest absolute Gasteiger partial charge is 0.461 e. The van der Waals surface area contributed by atoms with Crippen molar-refractivity contribution in [1.29, 1.82) is 0 Å². The molecule has 0 aliphatic carbocycles. The number of rotatable bonds is 14. The van der Waals surface area contributed by atoms with E-state index in [4.69, 9.17) is 4.74 Å². The monoisotopic (exact) mass is 717 g/mol. The molecule has 0 aromatic heterocycles. The lowest BCUT2D eigenvalue weighted by Gasteiger charge is -2.39. The van der Waals surface area contributed by atoms with Crippen LogP contribution in [0.5, 0.6) is 11.5 Å². The molecule has 0 aliphatic rings. The van der Waals surface area contributed by atoms with Gasteiger partial charge in [0.25, 0.3) is 5.91 Å². The summed E-state index contributed by atoms with van der Waals surface area (Å²) in [5.41, 5.74) is -5.71. The number of ether oxygens (including phenoxy) is 2. The van der Waals surface area contributed by atoms with Crippen LogP contribution in [-0.4, -0.2) is 35.6 Å². The number of alkyl halides is 7. The summed E-state index contributed by atoms with van der Waals surface area (Å²) in [6.07, 6.45) is -17.7. The van der Waals surface area contributed by atoms with Crippen LogP contribution in [0.25, 0.3) is 0 Å². The highest BCUT2D eigenvalue weighted by atomic mass is 19.4. The van der Waals surface area contributed by atoms with E-state index < -0.39 is 95.0 Å². The number of carbonyl (C=O) groups excluding carboxylic acids is 1. The molecule has 0 aliphatic heterocycles. The molecule has 0 radical (unpaired) electrons. The van der Waals surface area contributed by atoms with Gasteiger partial charge in [0.05, 0.1) is 11.1 Å². The Labute approximate surface area is 277 Å². The minimum atomic E-state index is -5.26. The van der Waals surface area contributed by atoms with Crippen LogP contribution >= 0.6 is 0 Å². The molecule has 0 spiro atoms. The molecule has 6 nitrogen and oxygen atoms in total. The van der Waals surface area contributed by atoms with E-state index in [2.05, 4.69) is 10.1 Å². The van der Waals surface area contributed by atoms with Crippen LogP contribution in [-0.2, 0) is 16.5 Å². The van der Waals surface area contributed by atoms with E-state index in [1.165, 1.54) is 12.1 Å². The molecule has 4 aromatic carbocycles. The second-order valence-corrected chi connectivity index (χ2v) is 10.9. The number of para-hydroxylation sites is 1. The molecule has 0 heterocycles. The molecule has 16 heteroatoms. The van der Waals surface area contributed by atoms with Gasteiger partial charge in [-0.25, -0.2) is 13.2 Å². The van der Waals surface area contributed by atoms with Crippen molar-refractivity contribution in [1.82, 2.24) is 5.32 Å². The van der Waals surface area contributed by atoms with Gasteiger partial charge in [-0.05, 0) is 72.1 Å². The van der Waals surface area contributed by atoms with E-state index >= 15 is 4.39 Å². The minimum Gasteiger partial charge on any atom is -0.490 e. The van der Waals surface area contributed by atoms with Crippen LogP contribution in [0.4, 0.5) is 43.9 Å². The molecule has 2 atom stereocenters. The van der Waals surface area contributed by atoms with Gasteiger partial charge in [-0.1, -0.05) is 30.3 Å². The number of halogens is 10. The highest BCUT2D eigenvalue weighted by Crippen LogP contribution is 2.40. The summed E-state index contributed by atoms with van der Waals surface area (Å²) in [5, 5.41) is 11.8. The second kappa shape index (κ2) is 15.1. The Morgan fingerprint density at radius 3 is 2.02 bits per heavy atom. The number of hydrogen-bond donors (Lipinski definition) is 2. The van der Waals surface area contributed by atoms with Crippen molar-refractivity contribution in [3.8, 4) is 11.5 Å². The van der Waals surface area contributed by atoms with Gasteiger partial charge in [0.2, 0.25) is 0 Å². The highest BCUT2D eigenvalue weighted by Gasteiger charge is 2.45. The Morgan fingerprint density at radius 2 is 1.42 bits per heavy atom. The topological polar surface area (TPSA) is 84.9 Å². The predicted octanol–water partition coefficient (Wildman–Crippen LogP) is 8.74. The van der Waals surface area contributed by atoms with Crippen molar-refractivity contribution in [2.75, 3.05) is 0 Å². The standard InChI is InChI=1S/C34H25F10NO5/c35-22-9-7-20(8-10-22)32(18-25(11-13-29(46)47)49-24-4-2-1-3-5-24,21-15-23(36)17-26(16-21)50-34(43,44)31(38)39)45-30(48)19-6-12-28(37)27(14-19)33(40,41)42/h1-10,12,14-17,25,31H,11,13,18H2,(H,45,48)(H,46,47)/t25-,32?/m0/s1. The van der Waals surface area contributed by atoms with Gasteiger partial charge in [0.1, 0.15) is 35.1 Å². The number of carbonyl (C=O) groups is 2. The Morgan fingerprint density at radius 1 is 0.760 bits per heavy atom. The quantitative estimate of drug-likeness (QED) is 0.128. The van der Waals surface area contributed by atoms with E-state index in [1.807, 2.05) is 0 Å². The van der Waals surface area contributed by atoms with E-state index in [1.54, 1.807) is 18.2 Å². The van der Waals surface area contributed by atoms with Crippen molar-refractivity contribution >= 4 is 11.9 Å². The summed E-state index contributed by atoms with van der Waals surface area (Å²) in [4.78, 5) is 25.4. The van der Waals surface area contributed by atoms with Gasteiger partial charge >= 0.3 is 24.7 Å². The molecule has 0 saturated heterocycles. The largest absolute Gasteiger partial charge is 0.490 e. The minimum absolute atomic E-state index is 0.149. The molecule has 266 valence electrons. The summed E-state index contributed by atoms with van der Waals surface area (Å²) in [5.74, 6) is -7.68. The van der Waals surface area contributed by atoms with Crippen LogP contribution in [0.2, 0.25) is 0 Å². The van der Waals surface area contributed by atoms with Crippen molar-refractivity contribution in [2.45, 2.75) is 49.6 Å². The zero-order valence-corrected chi connectivity index (χ0v) is 25.3. The fourth-order valence-corrected chi connectivity index (χ4v) is 5.07. The Hall–Kier alpha value is -5.28. The third-order valence-electron chi connectivity index (χ3n) is 7.33. The van der Waals surface area contributed by atoms with Gasteiger partial charge in [-0.2, -0.15) is 30.7 Å². The summed E-state index contributed by atoms with van der Waals surface area (Å²) in [6, 6.07) is 14.2. The molecule has 1 unspecified atom stereocenters. The van der Waals surface area contributed by atoms with Gasteiger partial charge in [-0.15, -0.1) is 0 Å². The van der Waals surface area contributed by atoms with Crippen LogP contribution in [0.3, 0.4) is 0 Å². The fraction of sp³-hybridized carbons (Fsp3) is 0.235. The van der Waals surface area contributed by atoms with Crippen molar-refractivity contribution in [3.63, 3.8) is 0 Å². The lowest BCUT2D eigenvalue weighted by molar-refractivity contribution is -0.253. The van der Waals surface area contributed by atoms with Crippen LogP contribution in [0, 0.1) is 17.5 Å². The van der Waals surface area contributed by atoms with Gasteiger partial charge in [-0.3, -0.25) is 9.59 Å². The van der Waals surface area contributed by atoms with Crippen molar-refractivity contribution in [3.05, 3.63) is 131 Å². The molecule has 50 heavy (non-hydrogen) atoms. The molecule has 0 saturated carbocycles. The Bertz CT molecular complexity index is 1800. The van der Waals surface area contributed by atoms with E-state index in [0.29, 0.717) is 30.3 Å². The zero-order valence-electron chi connectivity index (χ0n) is 25.3. The van der Waals surface area contributed by atoms with Crippen LogP contribution in [0.15, 0.2) is 91.0 Å². The lowest BCUT2D eigenvalue weighted by Crippen LogP contribution is -2.50. The number of carboxylic acid groups (broad SMARTS) is 1. The van der Waals surface area contributed by atoms with Gasteiger partial charge in [0, 0.05) is 24.5 Å².